The molecule has 0 radical (unpaired) electrons. The predicted octanol–water partition coefficient (Wildman–Crippen LogP) is 1.44. The molecule has 0 amide bonds. The van der Waals surface area contributed by atoms with Gasteiger partial charge in [-0.2, -0.15) is 8.42 Å². The molecule has 0 saturated carbocycles. The van der Waals surface area contributed by atoms with E-state index in [1.807, 2.05) is 12.1 Å². The first kappa shape index (κ1) is 17.5. The van der Waals surface area contributed by atoms with Crippen molar-refractivity contribution in [2.75, 3.05) is 21.1 Å². The monoisotopic (exact) mass is 288 g/mol. The highest BCUT2D eigenvalue weighted by molar-refractivity contribution is 7.79. The van der Waals surface area contributed by atoms with Crippen molar-refractivity contribution in [1.29, 1.82) is 0 Å². The lowest BCUT2D eigenvalue weighted by molar-refractivity contribution is -0.104. The third-order valence-electron chi connectivity index (χ3n) is 2.03. The summed E-state index contributed by atoms with van der Waals surface area (Å²) in [7, 11) is 1.70. The van der Waals surface area contributed by atoms with E-state index in [0.717, 1.165) is 16.3 Å². The van der Waals surface area contributed by atoms with Crippen LogP contribution in [0.4, 0.5) is 5.69 Å². The lowest BCUT2D eigenvalue weighted by Crippen LogP contribution is -2.34. The summed E-state index contributed by atoms with van der Waals surface area (Å²) in [5.41, 5.74) is 2.29. The first-order valence-electron chi connectivity index (χ1n) is 5.28. The third kappa shape index (κ3) is 10.1. The number of allylic oxidation sites excluding steroid dienone is 1. The molecule has 0 aliphatic rings. The minimum Gasteiger partial charge on any atom is -0.299 e. The molecule has 0 spiro atoms. The van der Waals surface area contributed by atoms with Crippen molar-refractivity contribution in [3.8, 4) is 0 Å². The first-order chi connectivity index (χ1) is 8.54. The number of carbonyl (C=O) groups excluding carboxylic acids is 1. The van der Waals surface area contributed by atoms with E-state index in [1.54, 1.807) is 6.08 Å². The second kappa shape index (κ2) is 7.15. The summed E-state index contributed by atoms with van der Waals surface area (Å²) in [6.45, 7) is 0. The number of hydrogen-bond donors (Lipinski definition) is 2. The maximum absolute atomic E-state index is 10.1. The van der Waals surface area contributed by atoms with Crippen molar-refractivity contribution in [3.05, 3.63) is 35.9 Å². The van der Waals surface area contributed by atoms with Crippen LogP contribution in [-0.2, 0) is 15.2 Å². The topological polar surface area (TPSA) is 91.7 Å². The maximum atomic E-state index is 10.1. The van der Waals surface area contributed by atoms with Crippen LogP contribution in [0.3, 0.4) is 0 Å². The van der Waals surface area contributed by atoms with Gasteiger partial charge < -0.3 is 0 Å². The Balaban J connectivity index is 0.000000555. The molecular formula is C12H18NO5S+. The van der Waals surface area contributed by atoms with Gasteiger partial charge in [-0.3, -0.25) is 18.4 Å². The summed E-state index contributed by atoms with van der Waals surface area (Å²) in [5, 5.41) is 0. The Hall–Kier alpha value is -1.54. The highest BCUT2D eigenvalue weighted by Gasteiger charge is 2.10. The van der Waals surface area contributed by atoms with E-state index in [-0.39, 0.29) is 0 Å². The Morgan fingerprint density at radius 3 is 1.79 bits per heavy atom. The van der Waals surface area contributed by atoms with E-state index >= 15 is 0 Å². The molecule has 2 N–H and O–H groups in total. The number of aldehydes is 1. The van der Waals surface area contributed by atoms with Crippen LogP contribution in [0.1, 0.15) is 5.56 Å². The normalized spacial score (nSPS) is 11.8. The summed E-state index contributed by atoms with van der Waals surface area (Å²) >= 11 is 0. The van der Waals surface area contributed by atoms with Crippen LogP contribution < -0.4 is 4.48 Å². The summed E-state index contributed by atoms with van der Waals surface area (Å²) in [6.07, 6.45) is 4.08. The van der Waals surface area contributed by atoms with Crippen LogP contribution >= 0.6 is 0 Å². The second-order valence-corrected chi connectivity index (χ2v) is 5.44. The Kier molecular flexibility index (Phi) is 6.57. The van der Waals surface area contributed by atoms with E-state index in [2.05, 4.69) is 33.3 Å². The van der Waals surface area contributed by atoms with Gasteiger partial charge in [0.05, 0.1) is 21.1 Å². The molecule has 0 fully saturated rings. The van der Waals surface area contributed by atoms with Crippen LogP contribution in [0.25, 0.3) is 6.08 Å². The first-order valence-corrected chi connectivity index (χ1v) is 6.67. The van der Waals surface area contributed by atoms with E-state index in [0.29, 0.717) is 0 Å². The molecule has 0 unspecified atom stereocenters. The van der Waals surface area contributed by atoms with Gasteiger partial charge >= 0.3 is 10.4 Å². The molecule has 1 aromatic rings. The molecule has 0 atom stereocenters. The molecule has 1 rings (SSSR count). The highest BCUT2D eigenvalue weighted by atomic mass is 32.3. The lowest BCUT2D eigenvalue weighted by atomic mass is 10.2. The van der Waals surface area contributed by atoms with Crippen LogP contribution in [0.2, 0.25) is 0 Å². The summed E-state index contributed by atoms with van der Waals surface area (Å²) in [5.74, 6) is 0. The van der Waals surface area contributed by atoms with Gasteiger partial charge in [0.2, 0.25) is 0 Å². The van der Waals surface area contributed by atoms with Gasteiger partial charge in [-0.05, 0) is 35.9 Å². The number of benzene rings is 1. The fourth-order valence-corrected chi connectivity index (χ4v) is 1.18. The number of rotatable bonds is 3. The van der Waals surface area contributed by atoms with Gasteiger partial charge in [0, 0.05) is 0 Å². The average Bonchev–Trinajstić information content (AvgIpc) is 2.23. The number of hydrogen-bond acceptors (Lipinski definition) is 3. The zero-order chi connectivity index (χ0) is 15.1. The van der Waals surface area contributed by atoms with Gasteiger partial charge in [-0.25, -0.2) is 0 Å². The minimum absolute atomic E-state index is 0.785. The lowest BCUT2D eigenvalue weighted by Gasteiger charge is -2.23. The fourth-order valence-electron chi connectivity index (χ4n) is 1.18. The Labute approximate surface area is 113 Å². The molecular weight excluding hydrogens is 270 g/mol. The van der Waals surface area contributed by atoms with Gasteiger partial charge in [0.1, 0.15) is 12.0 Å². The standard InChI is InChI=1S/C12H16NO.H2O4S/c1-13(2,3)12-8-6-11(7-9-12)5-4-10-14;1-5(2,3)4/h4-10H,1-3H3;(H2,1,2,3,4)/q+1;/b5-4+;. The van der Waals surface area contributed by atoms with Gasteiger partial charge in [-0.1, -0.05) is 6.08 Å². The van der Waals surface area contributed by atoms with Crippen molar-refractivity contribution < 1.29 is 22.3 Å². The molecule has 0 aliphatic carbocycles. The summed E-state index contributed by atoms with van der Waals surface area (Å²) < 4.78 is 32.4. The molecule has 0 aromatic heterocycles. The zero-order valence-electron chi connectivity index (χ0n) is 11.0. The number of quaternary nitrogens is 1. The third-order valence-corrected chi connectivity index (χ3v) is 2.03. The van der Waals surface area contributed by atoms with Gasteiger partial charge in [-0.15, -0.1) is 0 Å². The van der Waals surface area contributed by atoms with E-state index in [1.165, 1.54) is 11.8 Å². The largest absolute Gasteiger partial charge is 0.394 e. The van der Waals surface area contributed by atoms with Crippen LogP contribution in [-0.4, -0.2) is 45.0 Å². The zero-order valence-corrected chi connectivity index (χ0v) is 11.8. The molecule has 0 heterocycles. The maximum Gasteiger partial charge on any atom is 0.394 e. The predicted molar refractivity (Wildman–Crippen MR) is 75.3 cm³/mol. The number of nitrogens with zero attached hydrogens (tertiary/aromatic N) is 1. The molecule has 106 valence electrons. The molecule has 0 aliphatic heterocycles. The Bertz CT molecular complexity index is 518. The van der Waals surface area contributed by atoms with Crippen molar-refractivity contribution in [2.45, 2.75) is 0 Å². The quantitative estimate of drug-likeness (QED) is 0.380. The van der Waals surface area contributed by atoms with Crippen molar-refractivity contribution >= 4 is 28.4 Å². The smallest absolute Gasteiger partial charge is 0.299 e. The Morgan fingerprint density at radius 1 is 1.05 bits per heavy atom. The molecule has 19 heavy (non-hydrogen) atoms. The number of carbonyl (C=O) groups is 1. The van der Waals surface area contributed by atoms with Gasteiger partial charge in [0.15, 0.2) is 0 Å². The second-order valence-electron chi connectivity index (χ2n) is 4.55. The molecule has 1 aromatic carbocycles. The summed E-state index contributed by atoms with van der Waals surface area (Å²) in [4.78, 5) is 10.1. The molecule has 6 nitrogen and oxygen atoms in total. The average molecular weight is 288 g/mol. The Morgan fingerprint density at radius 2 is 1.47 bits per heavy atom. The van der Waals surface area contributed by atoms with Crippen LogP contribution in [0.15, 0.2) is 30.3 Å². The van der Waals surface area contributed by atoms with Crippen molar-refractivity contribution in [3.63, 3.8) is 0 Å². The fraction of sp³-hybridized carbons (Fsp3) is 0.250. The van der Waals surface area contributed by atoms with Crippen LogP contribution in [0.5, 0.6) is 0 Å². The van der Waals surface area contributed by atoms with Crippen molar-refractivity contribution in [1.82, 2.24) is 4.48 Å². The molecule has 0 bridgehead atoms. The van der Waals surface area contributed by atoms with E-state index in [9.17, 15) is 4.79 Å². The van der Waals surface area contributed by atoms with Crippen LogP contribution in [0, 0.1) is 0 Å². The molecule has 0 saturated heterocycles. The summed E-state index contributed by atoms with van der Waals surface area (Å²) in [6, 6.07) is 8.17. The molecule has 7 heteroatoms. The van der Waals surface area contributed by atoms with E-state index < -0.39 is 10.4 Å². The minimum atomic E-state index is -4.67. The van der Waals surface area contributed by atoms with Crippen molar-refractivity contribution in [2.24, 2.45) is 0 Å². The SMILES string of the molecule is C[N+](C)(C)c1ccc(/C=C/C=O)cc1.O=S(=O)(O)O. The van der Waals surface area contributed by atoms with E-state index in [4.69, 9.17) is 17.5 Å². The van der Waals surface area contributed by atoms with Gasteiger partial charge in [0.25, 0.3) is 0 Å². The highest BCUT2D eigenvalue weighted by Crippen LogP contribution is 2.17.